The van der Waals surface area contributed by atoms with E-state index in [2.05, 4.69) is 9.80 Å². The maximum Gasteiger partial charge on any atom is 0.269 e. The highest BCUT2D eigenvalue weighted by molar-refractivity contribution is 5.82. The van der Waals surface area contributed by atoms with E-state index >= 15 is 0 Å². The standard InChI is InChI=1S/C22H30N4O4/c27-22(23-9-11-30-12-10-23)19-14-16-13-18(26(28)29)5-6-20(16)25-8-7-24(15-21(19)25)17-3-1-2-4-17/h5-6,13,17,19,21H,1-4,7-12,14-15H2/t19-,21-/m0/s1. The lowest BCUT2D eigenvalue weighted by atomic mass is 9.82. The predicted molar refractivity (Wildman–Crippen MR) is 113 cm³/mol. The molecule has 1 saturated carbocycles. The summed E-state index contributed by atoms with van der Waals surface area (Å²) in [4.78, 5) is 31.4. The first-order valence-corrected chi connectivity index (χ1v) is 11.3. The van der Waals surface area contributed by atoms with Gasteiger partial charge in [-0.25, -0.2) is 0 Å². The monoisotopic (exact) mass is 414 g/mol. The number of ether oxygens (including phenoxy) is 1. The van der Waals surface area contributed by atoms with E-state index in [1.165, 1.54) is 25.7 Å². The smallest absolute Gasteiger partial charge is 0.269 e. The number of benzene rings is 1. The van der Waals surface area contributed by atoms with E-state index in [4.69, 9.17) is 4.74 Å². The molecule has 0 radical (unpaired) electrons. The van der Waals surface area contributed by atoms with Crippen LogP contribution in [-0.4, -0.2) is 78.7 Å². The Morgan fingerprint density at radius 2 is 1.87 bits per heavy atom. The van der Waals surface area contributed by atoms with E-state index < -0.39 is 0 Å². The zero-order valence-electron chi connectivity index (χ0n) is 17.4. The van der Waals surface area contributed by atoms with Gasteiger partial charge in [0.1, 0.15) is 0 Å². The van der Waals surface area contributed by atoms with Gasteiger partial charge < -0.3 is 14.5 Å². The van der Waals surface area contributed by atoms with E-state index in [0.717, 1.165) is 30.9 Å². The first-order valence-electron chi connectivity index (χ1n) is 11.3. The summed E-state index contributed by atoms with van der Waals surface area (Å²) in [6.45, 7) is 5.22. The number of non-ortho nitro benzene ring substituents is 1. The molecule has 1 aliphatic carbocycles. The second-order valence-corrected chi connectivity index (χ2v) is 9.01. The van der Waals surface area contributed by atoms with Gasteiger partial charge in [0.25, 0.3) is 5.69 Å². The molecule has 0 bridgehead atoms. The summed E-state index contributed by atoms with van der Waals surface area (Å²) in [6, 6.07) is 5.94. The molecule has 3 aliphatic heterocycles. The van der Waals surface area contributed by atoms with Crippen LogP contribution in [0.3, 0.4) is 0 Å². The van der Waals surface area contributed by atoms with E-state index in [0.29, 0.717) is 38.8 Å². The van der Waals surface area contributed by atoms with Gasteiger partial charge in [-0.15, -0.1) is 0 Å². The Labute approximate surface area is 176 Å². The van der Waals surface area contributed by atoms with Crippen molar-refractivity contribution in [2.45, 2.75) is 44.2 Å². The number of piperazine rings is 1. The van der Waals surface area contributed by atoms with E-state index in [1.54, 1.807) is 12.1 Å². The van der Waals surface area contributed by atoms with Crippen molar-refractivity contribution in [2.24, 2.45) is 5.92 Å². The number of carbonyl (C=O) groups excluding carboxylic acids is 1. The average molecular weight is 415 g/mol. The van der Waals surface area contributed by atoms with Crippen molar-refractivity contribution in [1.29, 1.82) is 0 Å². The van der Waals surface area contributed by atoms with Gasteiger partial charge in [0.2, 0.25) is 5.91 Å². The fourth-order valence-electron chi connectivity index (χ4n) is 5.85. The van der Waals surface area contributed by atoms with Gasteiger partial charge in [0.15, 0.2) is 0 Å². The summed E-state index contributed by atoms with van der Waals surface area (Å²) < 4.78 is 5.44. The second kappa shape index (κ2) is 8.15. The van der Waals surface area contributed by atoms with Crippen LogP contribution < -0.4 is 4.90 Å². The van der Waals surface area contributed by atoms with E-state index in [1.807, 2.05) is 11.0 Å². The predicted octanol–water partition coefficient (Wildman–Crippen LogP) is 2.06. The number of fused-ring (bicyclic) bond motifs is 3. The lowest BCUT2D eigenvalue weighted by Gasteiger charge is -2.51. The largest absolute Gasteiger partial charge is 0.378 e. The fourth-order valence-corrected chi connectivity index (χ4v) is 5.85. The maximum absolute atomic E-state index is 13.6. The number of rotatable bonds is 3. The number of amides is 1. The van der Waals surface area contributed by atoms with Crippen LogP contribution in [0.2, 0.25) is 0 Å². The summed E-state index contributed by atoms with van der Waals surface area (Å²) >= 11 is 0. The van der Waals surface area contributed by atoms with Crippen molar-refractivity contribution in [3.05, 3.63) is 33.9 Å². The number of carbonyl (C=O) groups is 1. The second-order valence-electron chi connectivity index (χ2n) is 9.01. The molecule has 0 aromatic heterocycles. The minimum Gasteiger partial charge on any atom is -0.378 e. The molecule has 2 atom stereocenters. The van der Waals surface area contributed by atoms with Crippen LogP contribution in [0.4, 0.5) is 11.4 Å². The van der Waals surface area contributed by atoms with Crippen molar-refractivity contribution < 1.29 is 14.5 Å². The van der Waals surface area contributed by atoms with Gasteiger partial charge in [-0.1, -0.05) is 12.8 Å². The minimum absolute atomic E-state index is 0.106. The fraction of sp³-hybridized carbons (Fsp3) is 0.682. The van der Waals surface area contributed by atoms with E-state index in [-0.39, 0.29) is 28.5 Å². The number of morpholine rings is 1. The van der Waals surface area contributed by atoms with Gasteiger partial charge in [0, 0.05) is 56.6 Å². The van der Waals surface area contributed by atoms with Crippen LogP contribution in [0, 0.1) is 16.0 Å². The van der Waals surface area contributed by atoms with Crippen molar-refractivity contribution in [3.8, 4) is 0 Å². The Balaban J connectivity index is 1.46. The Kier molecular flexibility index (Phi) is 5.37. The molecule has 3 heterocycles. The van der Waals surface area contributed by atoms with Gasteiger partial charge in [-0.05, 0) is 30.9 Å². The molecule has 3 fully saturated rings. The van der Waals surface area contributed by atoms with Gasteiger partial charge in [-0.3, -0.25) is 19.8 Å². The molecule has 4 aliphatic rings. The molecule has 8 nitrogen and oxygen atoms in total. The normalized spacial score (nSPS) is 27.6. The molecule has 162 valence electrons. The van der Waals surface area contributed by atoms with Crippen LogP contribution in [0.15, 0.2) is 18.2 Å². The van der Waals surface area contributed by atoms with E-state index in [9.17, 15) is 14.9 Å². The Morgan fingerprint density at radius 3 is 2.60 bits per heavy atom. The number of hydrogen-bond donors (Lipinski definition) is 0. The van der Waals surface area contributed by atoms with Gasteiger partial charge in [-0.2, -0.15) is 0 Å². The summed E-state index contributed by atoms with van der Waals surface area (Å²) in [6.07, 6.45) is 5.71. The number of nitro benzene ring substituents is 1. The summed E-state index contributed by atoms with van der Waals surface area (Å²) in [5, 5.41) is 11.3. The SMILES string of the molecule is O=C([C@H]1Cc2cc([N+](=O)[O-])ccc2N2CCN(C3CCCC3)C[C@@H]12)N1CCOCC1. The number of nitrogens with zero attached hydrogens (tertiary/aromatic N) is 4. The lowest BCUT2D eigenvalue weighted by molar-refractivity contribution is -0.384. The van der Waals surface area contributed by atoms with Crippen molar-refractivity contribution in [3.63, 3.8) is 0 Å². The molecule has 1 amide bonds. The number of hydrogen-bond acceptors (Lipinski definition) is 6. The summed E-state index contributed by atoms with van der Waals surface area (Å²) in [5.74, 6) is 0.0144. The molecule has 0 spiro atoms. The minimum atomic E-state index is -0.344. The van der Waals surface area contributed by atoms with Gasteiger partial charge in [0.05, 0.1) is 30.1 Å². The highest BCUT2D eigenvalue weighted by atomic mass is 16.6. The molecule has 0 unspecified atom stereocenters. The quantitative estimate of drug-likeness (QED) is 0.557. The number of nitro groups is 1. The van der Waals surface area contributed by atoms with Crippen LogP contribution in [0.25, 0.3) is 0 Å². The highest BCUT2D eigenvalue weighted by Crippen LogP contribution is 2.39. The molecule has 1 aromatic rings. The molecule has 0 N–H and O–H groups in total. The third-order valence-corrected chi connectivity index (χ3v) is 7.42. The summed E-state index contributed by atoms with van der Waals surface area (Å²) in [5.41, 5.74) is 2.11. The average Bonchev–Trinajstić information content (AvgIpc) is 3.33. The zero-order chi connectivity index (χ0) is 20.7. The third kappa shape index (κ3) is 3.56. The topological polar surface area (TPSA) is 79.2 Å². The molecule has 2 saturated heterocycles. The van der Waals surface area contributed by atoms with Crippen molar-refractivity contribution in [2.75, 3.05) is 50.8 Å². The van der Waals surface area contributed by atoms with Crippen LogP contribution in [0.1, 0.15) is 31.2 Å². The molecule has 30 heavy (non-hydrogen) atoms. The summed E-state index contributed by atoms with van der Waals surface area (Å²) in [7, 11) is 0. The Hall–Kier alpha value is -2.19. The zero-order valence-corrected chi connectivity index (χ0v) is 17.4. The van der Waals surface area contributed by atoms with Crippen LogP contribution in [-0.2, 0) is 16.0 Å². The Bertz CT molecular complexity index is 819. The van der Waals surface area contributed by atoms with Crippen LogP contribution >= 0.6 is 0 Å². The molecule has 5 rings (SSSR count). The molecule has 1 aromatic carbocycles. The van der Waals surface area contributed by atoms with Gasteiger partial charge >= 0.3 is 0 Å². The molecule has 8 heteroatoms. The lowest BCUT2D eigenvalue weighted by Crippen LogP contribution is -2.63. The maximum atomic E-state index is 13.6. The van der Waals surface area contributed by atoms with Crippen LogP contribution in [0.5, 0.6) is 0 Å². The van der Waals surface area contributed by atoms with Crippen molar-refractivity contribution in [1.82, 2.24) is 9.80 Å². The van der Waals surface area contributed by atoms with Crippen molar-refractivity contribution >= 4 is 17.3 Å². The highest BCUT2D eigenvalue weighted by Gasteiger charge is 2.44. The molecular formula is C22H30N4O4. The number of anilines is 1. The first kappa shape index (κ1) is 19.8. The first-order chi connectivity index (χ1) is 14.6. The molecular weight excluding hydrogens is 384 g/mol. The Morgan fingerprint density at radius 1 is 1.10 bits per heavy atom. The third-order valence-electron chi connectivity index (χ3n) is 7.42.